The highest BCUT2D eigenvalue weighted by Gasteiger charge is 2.63. The summed E-state index contributed by atoms with van der Waals surface area (Å²) in [5.74, 6) is 0.413. The van der Waals surface area contributed by atoms with Gasteiger partial charge in [-0.05, 0) is 102 Å². The molecule has 4 aliphatic rings. The van der Waals surface area contributed by atoms with E-state index in [0.717, 1.165) is 54.9 Å². The minimum atomic E-state index is -0.462. The van der Waals surface area contributed by atoms with Crippen LogP contribution in [0.4, 0.5) is 0 Å². The Labute approximate surface area is 231 Å². The van der Waals surface area contributed by atoms with Crippen molar-refractivity contribution >= 4 is 40.1 Å². The number of rotatable bonds is 4. The number of allylic oxidation sites excluding steroid dienone is 4. The molecular formula is C31H45IO4. The second kappa shape index (κ2) is 9.05. The van der Waals surface area contributed by atoms with Gasteiger partial charge in [-0.3, -0.25) is 14.4 Å². The number of methoxy groups -OCH3 is 1. The summed E-state index contributed by atoms with van der Waals surface area (Å²) in [6.07, 6.45) is 11.4. The third-order valence-corrected chi connectivity index (χ3v) is 12.7. The number of ether oxygens (including phenoxy) is 1. The zero-order chi connectivity index (χ0) is 26.9. The molecule has 0 N–H and O–H groups in total. The Balaban J connectivity index is 1.73. The van der Waals surface area contributed by atoms with Gasteiger partial charge in [-0.25, -0.2) is 0 Å². The zero-order valence-corrected chi connectivity index (χ0v) is 25.7. The van der Waals surface area contributed by atoms with E-state index in [9.17, 15) is 14.4 Å². The molecule has 0 spiro atoms. The van der Waals surface area contributed by atoms with Crippen LogP contribution in [0.25, 0.3) is 0 Å². The Kier molecular flexibility index (Phi) is 7.05. The summed E-state index contributed by atoms with van der Waals surface area (Å²) in [5.41, 5.74) is 0.244. The molecule has 5 heteroatoms. The predicted molar refractivity (Wildman–Crippen MR) is 152 cm³/mol. The summed E-state index contributed by atoms with van der Waals surface area (Å²) in [5, 5.41) is 0. The molecule has 0 aromatic rings. The highest BCUT2D eigenvalue weighted by molar-refractivity contribution is 14.1. The van der Waals surface area contributed by atoms with Crippen LogP contribution < -0.4 is 0 Å². The lowest BCUT2D eigenvalue weighted by Gasteiger charge is -2.63. The van der Waals surface area contributed by atoms with Crippen molar-refractivity contribution in [1.82, 2.24) is 0 Å². The summed E-state index contributed by atoms with van der Waals surface area (Å²) < 4.78 is 6.17. The second-order valence-corrected chi connectivity index (χ2v) is 15.1. The molecule has 200 valence electrons. The first-order chi connectivity index (χ1) is 16.6. The minimum absolute atomic E-state index is 0.0359. The standard InChI is InChI=1S/C31H45IO4/c1-19-21-9-10-30(7)24(28(21,5)18-22(32)25(19)34)17-23(33)20(2)29(30,6)13-16-31(26(35)36-8)14-11-27(3,4)12-15-31/h17-21H,9-16H2,1-8H3/t19-,20?,21-,28-,29+,30+/m0/s1. The number of ketones is 2. The molecule has 4 aliphatic carbocycles. The SMILES string of the molecule is COC(=O)C1(CC[C@]2(C)C(C)C(=O)C=C3[C@@]4(C)C=C(I)C(=O)[C@@H](C)[C@@H]4CC[C@]32C)CCC(C)(C)CC1. The van der Waals surface area contributed by atoms with Crippen LogP contribution >= 0.6 is 22.6 Å². The Morgan fingerprint density at radius 3 is 2.19 bits per heavy atom. The second-order valence-electron chi connectivity index (χ2n) is 13.9. The maximum atomic E-state index is 13.6. The summed E-state index contributed by atoms with van der Waals surface area (Å²) in [6.45, 7) is 15.7. The minimum Gasteiger partial charge on any atom is -0.469 e. The molecule has 1 unspecified atom stereocenters. The maximum Gasteiger partial charge on any atom is 0.311 e. The first-order valence-corrected chi connectivity index (χ1v) is 14.9. The van der Waals surface area contributed by atoms with Gasteiger partial charge in [0.15, 0.2) is 11.6 Å². The topological polar surface area (TPSA) is 60.4 Å². The van der Waals surface area contributed by atoms with Crippen LogP contribution in [0.5, 0.6) is 0 Å². The fourth-order valence-electron chi connectivity index (χ4n) is 8.50. The number of carbonyl (C=O) groups excluding carboxylic acids is 3. The third kappa shape index (κ3) is 4.00. The van der Waals surface area contributed by atoms with E-state index < -0.39 is 5.41 Å². The molecule has 0 saturated heterocycles. The molecule has 0 bridgehead atoms. The average Bonchev–Trinajstić information content (AvgIpc) is 2.82. The van der Waals surface area contributed by atoms with Crippen LogP contribution in [-0.2, 0) is 19.1 Å². The van der Waals surface area contributed by atoms with E-state index in [1.54, 1.807) is 0 Å². The molecule has 0 aliphatic heterocycles. The van der Waals surface area contributed by atoms with Gasteiger partial charge in [0, 0.05) is 17.3 Å². The first-order valence-electron chi connectivity index (χ1n) is 13.8. The summed E-state index contributed by atoms with van der Waals surface area (Å²) in [7, 11) is 1.52. The molecule has 4 nitrogen and oxygen atoms in total. The monoisotopic (exact) mass is 608 g/mol. The van der Waals surface area contributed by atoms with Crippen molar-refractivity contribution in [3.63, 3.8) is 0 Å². The molecule has 0 radical (unpaired) electrons. The Morgan fingerprint density at radius 1 is 1.00 bits per heavy atom. The Bertz CT molecular complexity index is 1030. The smallest absolute Gasteiger partial charge is 0.311 e. The van der Waals surface area contributed by atoms with Crippen molar-refractivity contribution in [2.75, 3.05) is 7.11 Å². The van der Waals surface area contributed by atoms with Crippen molar-refractivity contribution < 1.29 is 19.1 Å². The number of esters is 1. The van der Waals surface area contributed by atoms with Crippen molar-refractivity contribution in [3.8, 4) is 0 Å². The van der Waals surface area contributed by atoms with E-state index in [0.29, 0.717) is 0 Å². The van der Waals surface area contributed by atoms with Gasteiger partial charge >= 0.3 is 5.97 Å². The van der Waals surface area contributed by atoms with Crippen molar-refractivity contribution in [2.24, 2.45) is 44.8 Å². The van der Waals surface area contributed by atoms with Gasteiger partial charge in [-0.2, -0.15) is 0 Å². The molecule has 0 heterocycles. The molecule has 2 saturated carbocycles. The first kappa shape index (κ1) is 28.0. The van der Waals surface area contributed by atoms with E-state index in [2.05, 4.69) is 77.1 Å². The fraction of sp³-hybridized carbons (Fsp3) is 0.774. The molecule has 0 amide bonds. The molecule has 2 fully saturated rings. The third-order valence-electron chi connectivity index (χ3n) is 11.8. The van der Waals surface area contributed by atoms with Gasteiger partial charge in [0.05, 0.1) is 16.1 Å². The highest BCUT2D eigenvalue weighted by atomic mass is 127. The highest BCUT2D eigenvalue weighted by Crippen LogP contribution is 2.69. The quantitative estimate of drug-likeness (QED) is 0.243. The Morgan fingerprint density at radius 2 is 1.61 bits per heavy atom. The predicted octanol–water partition coefficient (Wildman–Crippen LogP) is 7.64. The number of Topliss-reactive ketones (excluding diaryl/α,β-unsaturated/α-hetero) is 1. The average molecular weight is 609 g/mol. The van der Waals surface area contributed by atoms with Crippen molar-refractivity contribution in [2.45, 2.75) is 99.8 Å². The molecular weight excluding hydrogens is 563 g/mol. The molecule has 4 rings (SSSR count). The largest absolute Gasteiger partial charge is 0.469 e. The van der Waals surface area contributed by atoms with Crippen LogP contribution in [-0.4, -0.2) is 24.6 Å². The van der Waals surface area contributed by atoms with E-state index >= 15 is 0 Å². The van der Waals surface area contributed by atoms with Gasteiger partial charge in [-0.15, -0.1) is 0 Å². The van der Waals surface area contributed by atoms with Crippen LogP contribution in [0.2, 0.25) is 0 Å². The van der Waals surface area contributed by atoms with Gasteiger partial charge in [0.1, 0.15) is 0 Å². The summed E-state index contributed by atoms with van der Waals surface area (Å²) in [4.78, 5) is 39.6. The number of hydrogen-bond donors (Lipinski definition) is 0. The van der Waals surface area contributed by atoms with Crippen LogP contribution in [0, 0.1) is 44.8 Å². The number of halogens is 1. The van der Waals surface area contributed by atoms with Gasteiger partial charge in [0.25, 0.3) is 0 Å². The van der Waals surface area contributed by atoms with E-state index in [-0.39, 0.29) is 56.9 Å². The summed E-state index contributed by atoms with van der Waals surface area (Å²) in [6, 6.07) is 0. The molecule has 36 heavy (non-hydrogen) atoms. The van der Waals surface area contributed by atoms with Crippen LogP contribution in [0.1, 0.15) is 99.8 Å². The van der Waals surface area contributed by atoms with Gasteiger partial charge in [-0.1, -0.05) is 60.1 Å². The molecule has 6 atom stereocenters. The normalized spacial score (nSPS) is 41.5. The Hall–Kier alpha value is -0.980. The lowest BCUT2D eigenvalue weighted by atomic mass is 9.40. The molecule has 0 aromatic heterocycles. The number of fused-ring (bicyclic) bond motifs is 3. The van der Waals surface area contributed by atoms with Crippen molar-refractivity contribution in [1.29, 1.82) is 0 Å². The van der Waals surface area contributed by atoms with Crippen LogP contribution in [0.15, 0.2) is 21.3 Å². The molecule has 0 aromatic carbocycles. The van der Waals surface area contributed by atoms with E-state index in [4.69, 9.17) is 4.74 Å². The fourth-order valence-corrected chi connectivity index (χ4v) is 9.64. The van der Waals surface area contributed by atoms with E-state index in [1.165, 1.54) is 12.7 Å². The van der Waals surface area contributed by atoms with Crippen LogP contribution in [0.3, 0.4) is 0 Å². The summed E-state index contributed by atoms with van der Waals surface area (Å²) >= 11 is 2.19. The van der Waals surface area contributed by atoms with Gasteiger partial charge < -0.3 is 4.74 Å². The number of carbonyl (C=O) groups is 3. The van der Waals surface area contributed by atoms with Gasteiger partial charge in [0.2, 0.25) is 0 Å². The zero-order valence-electron chi connectivity index (χ0n) is 23.6. The van der Waals surface area contributed by atoms with Crippen molar-refractivity contribution in [3.05, 3.63) is 21.3 Å². The lowest BCUT2D eigenvalue weighted by molar-refractivity contribution is -0.158. The number of hydrogen-bond acceptors (Lipinski definition) is 4. The lowest BCUT2D eigenvalue weighted by Crippen LogP contribution is -2.58. The maximum absolute atomic E-state index is 13.6. The van der Waals surface area contributed by atoms with E-state index in [1.807, 2.05) is 6.08 Å².